The van der Waals surface area contributed by atoms with Gasteiger partial charge in [-0.3, -0.25) is 4.79 Å². The number of amides is 1. The summed E-state index contributed by atoms with van der Waals surface area (Å²) < 4.78 is 19.9. The van der Waals surface area contributed by atoms with Crippen molar-refractivity contribution in [3.8, 4) is 12.1 Å². The van der Waals surface area contributed by atoms with Gasteiger partial charge < -0.3 is 24.8 Å². The minimum absolute atomic E-state index is 0. The normalized spacial score (nSPS) is 19.9. The Kier molecular flexibility index (Phi) is 10.2. The van der Waals surface area contributed by atoms with Crippen molar-refractivity contribution in [2.45, 2.75) is 44.3 Å². The smallest absolute Gasteiger partial charge is 0.318 e. The van der Waals surface area contributed by atoms with E-state index < -0.39 is 17.8 Å². The third-order valence-corrected chi connectivity index (χ3v) is 8.60. The molecule has 2 fully saturated rings. The first-order valence-electron chi connectivity index (χ1n) is 14.3. The predicted molar refractivity (Wildman–Crippen MR) is 161 cm³/mol. The molecule has 2 unspecified atom stereocenters. The van der Waals surface area contributed by atoms with Gasteiger partial charge >= 0.3 is 6.01 Å². The van der Waals surface area contributed by atoms with E-state index in [1.54, 1.807) is 0 Å². The van der Waals surface area contributed by atoms with E-state index >= 15 is 0 Å². The van der Waals surface area contributed by atoms with E-state index in [-0.39, 0.29) is 57.7 Å². The van der Waals surface area contributed by atoms with Gasteiger partial charge in [0.25, 0.3) is 5.91 Å². The number of carbonyl (C=O) groups excluding carboxylic acids is 1. The SMILES string of the molecule is C=C(F)C(=O)N1CCN(c2nc(OCC3CCC[N-]3)nc3c2CCN(c2cccc4cccc(Cl)c24)C3)CC1CC#N.[Y]. The van der Waals surface area contributed by atoms with Gasteiger partial charge in [-0.05, 0) is 23.9 Å². The van der Waals surface area contributed by atoms with Crippen molar-refractivity contribution < 1.29 is 46.6 Å². The number of aromatic nitrogens is 2. The van der Waals surface area contributed by atoms with Gasteiger partial charge in [0.15, 0.2) is 5.83 Å². The molecule has 1 amide bonds. The number of piperazine rings is 1. The molecule has 2 atom stereocenters. The molecule has 3 aliphatic rings. The monoisotopic (exact) mass is 677 g/mol. The van der Waals surface area contributed by atoms with Gasteiger partial charge in [-0.15, -0.1) is 12.6 Å². The maximum atomic E-state index is 13.8. The zero-order valence-corrected chi connectivity index (χ0v) is 27.5. The molecule has 0 spiro atoms. The molecule has 9 nitrogen and oxygen atoms in total. The maximum Gasteiger partial charge on any atom is 0.318 e. The average molecular weight is 678 g/mol. The Morgan fingerprint density at radius 1 is 1.19 bits per heavy atom. The first kappa shape index (κ1) is 31.6. The van der Waals surface area contributed by atoms with Crippen molar-refractivity contribution >= 4 is 39.8 Å². The molecule has 2 saturated heterocycles. The van der Waals surface area contributed by atoms with E-state index in [9.17, 15) is 14.4 Å². The second-order valence-electron chi connectivity index (χ2n) is 10.9. The molecule has 3 aliphatic heterocycles. The van der Waals surface area contributed by atoms with Crippen molar-refractivity contribution in [3.63, 3.8) is 0 Å². The minimum atomic E-state index is -1.02. The summed E-state index contributed by atoms with van der Waals surface area (Å²) >= 11 is 6.66. The number of ether oxygens (including phenoxy) is 1. The number of hydrogen-bond acceptors (Lipinski definition) is 7. The van der Waals surface area contributed by atoms with E-state index in [2.05, 4.69) is 46.0 Å². The Bertz CT molecular complexity index is 1560. The molecule has 0 saturated carbocycles. The summed E-state index contributed by atoms with van der Waals surface area (Å²) in [5.41, 5.74) is 2.92. The van der Waals surface area contributed by atoms with Crippen LogP contribution in [-0.4, -0.2) is 72.2 Å². The molecule has 0 aliphatic carbocycles. The molecule has 43 heavy (non-hydrogen) atoms. The van der Waals surface area contributed by atoms with Crippen LogP contribution in [0.15, 0.2) is 48.8 Å². The van der Waals surface area contributed by atoms with Gasteiger partial charge in [0.1, 0.15) is 5.82 Å². The van der Waals surface area contributed by atoms with Gasteiger partial charge in [-0.25, -0.2) is 4.39 Å². The molecule has 3 aromatic rings. The summed E-state index contributed by atoms with van der Waals surface area (Å²) in [6, 6.07) is 14.2. The third-order valence-electron chi connectivity index (χ3n) is 8.28. The number of benzene rings is 2. The van der Waals surface area contributed by atoms with Crippen LogP contribution in [0.2, 0.25) is 5.02 Å². The third kappa shape index (κ3) is 6.65. The van der Waals surface area contributed by atoms with Crippen molar-refractivity contribution in [1.29, 1.82) is 5.26 Å². The van der Waals surface area contributed by atoms with Crippen molar-refractivity contribution in [2.24, 2.45) is 0 Å². The van der Waals surface area contributed by atoms with Crippen LogP contribution in [0, 0.1) is 11.3 Å². The van der Waals surface area contributed by atoms with E-state index in [0.29, 0.717) is 37.7 Å². The standard InChI is InChI=1S/C31H32ClFN7O2.Y/c1-20(33)30(41)40-16-15-39(17-23(40)10-12-34)29-24-11-14-38(27-9-3-6-21-5-2-8-25(32)28(21)27)18-26(24)36-31(37-29)42-19-22-7-4-13-35-22;/h2-3,5-6,8-9,22-23H,1,4,7,10-11,13-19H2;/q-1;. The molecule has 0 bridgehead atoms. The Morgan fingerprint density at radius 3 is 2.74 bits per heavy atom. The summed E-state index contributed by atoms with van der Waals surface area (Å²) in [6.45, 7) is 6.74. The molecular weight excluding hydrogens is 646 g/mol. The molecule has 4 heterocycles. The van der Waals surface area contributed by atoms with E-state index in [1.807, 2.05) is 18.2 Å². The van der Waals surface area contributed by atoms with Crippen LogP contribution in [0.5, 0.6) is 6.01 Å². The maximum absolute atomic E-state index is 13.8. The van der Waals surface area contributed by atoms with Crippen LogP contribution in [0.25, 0.3) is 16.1 Å². The molecule has 0 N–H and O–H groups in total. The molecule has 2 aromatic carbocycles. The number of nitriles is 1. The fraction of sp³-hybridized carbons (Fsp3) is 0.419. The van der Waals surface area contributed by atoms with Crippen molar-refractivity contribution in [1.82, 2.24) is 14.9 Å². The van der Waals surface area contributed by atoms with E-state index in [1.165, 1.54) is 4.90 Å². The first-order valence-corrected chi connectivity index (χ1v) is 14.7. The van der Waals surface area contributed by atoms with E-state index in [4.69, 9.17) is 26.3 Å². The molecule has 12 heteroatoms. The van der Waals surface area contributed by atoms with Crippen LogP contribution < -0.4 is 14.5 Å². The second kappa shape index (κ2) is 13.9. The molecule has 1 aromatic heterocycles. The largest absolute Gasteiger partial charge is 0.657 e. The topological polar surface area (TPSA) is 99.7 Å². The molecule has 6 rings (SSSR count). The number of fused-ring (bicyclic) bond motifs is 2. The predicted octanol–water partition coefficient (Wildman–Crippen LogP) is 5.17. The van der Waals surface area contributed by atoms with Gasteiger partial charge in [0.2, 0.25) is 0 Å². The van der Waals surface area contributed by atoms with Crippen LogP contribution in [0.4, 0.5) is 15.9 Å². The quantitative estimate of drug-likeness (QED) is 0.318. The number of rotatable bonds is 7. The first-order chi connectivity index (χ1) is 20.4. The Hall–Kier alpha value is -2.84. The summed E-state index contributed by atoms with van der Waals surface area (Å²) in [7, 11) is 0. The number of halogens is 2. The van der Waals surface area contributed by atoms with Crippen molar-refractivity contribution in [3.05, 3.63) is 70.4 Å². The minimum Gasteiger partial charge on any atom is -0.657 e. The van der Waals surface area contributed by atoms with Crippen LogP contribution >= 0.6 is 11.6 Å². The summed E-state index contributed by atoms with van der Waals surface area (Å²) in [5.74, 6) is -1.05. The molecular formula is C31H32ClFN7O2Y-. The van der Waals surface area contributed by atoms with Gasteiger partial charge in [0.05, 0.1) is 42.4 Å². The fourth-order valence-corrected chi connectivity index (χ4v) is 6.49. The number of anilines is 2. The number of nitrogens with zero attached hydrogens (tertiary/aromatic N) is 7. The van der Waals surface area contributed by atoms with Crippen molar-refractivity contribution in [2.75, 3.05) is 49.1 Å². The van der Waals surface area contributed by atoms with Gasteiger partial charge in [-0.1, -0.05) is 55.3 Å². The Labute approximate surface area is 280 Å². The second-order valence-corrected chi connectivity index (χ2v) is 11.3. The summed E-state index contributed by atoms with van der Waals surface area (Å²) in [6.07, 6.45) is 2.80. The van der Waals surface area contributed by atoms with E-state index in [0.717, 1.165) is 59.5 Å². The fourth-order valence-electron chi connectivity index (χ4n) is 6.21. The average Bonchev–Trinajstić information content (AvgIpc) is 3.53. The summed E-state index contributed by atoms with van der Waals surface area (Å²) in [4.78, 5) is 28.0. The van der Waals surface area contributed by atoms with Crippen LogP contribution in [0.3, 0.4) is 0 Å². The summed E-state index contributed by atoms with van der Waals surface area (Å²) in [5, 5.41) is 16.8. The van der Waals surface area contributed by atoms with Gasteiger partial charge in [-0.2, -0.15) is 15.2 Å². The molecule has 221 valence electrons. The zero-order valence-electron chi connectivity index (χ0n) is 23.9. The number of hydrogen-bond donors (Lipinski definition) is 0. The Balaban J connectivity index is 0.00000368. The number of carbonyl (C=O) groups is 1. The van der Waals surface area contributed by atoms with Crippen LogP contribution in [0.1, 0.15) is 30.5 Å². The molecule has 1 radical (unpaired) electrons. The zero-order chi connectivity index (χ0) is 29.2. The van der Waals surface area contributed by atoms with Gasteiger partial charge in [0, 0.05) is 75.5 Å². The Morgan fingerprint density at radius 2 is 2.00 bits per heavy atom. The van der Waals surface area contributed by atoms with Crippen LogP contribution in [-0.2, 0) is 50.5 Å².